The molecule has 2 saturated heterocycles. The van der Waals surface area contributed by atoms with Crippen LogP contribution in [0.2, 0.25) is 0 Å². The van der Waals surface area contributed by atoms with Crippen molar-refractivity contribution in [1.82, 2.24) is 14.9 Å². The van der Waals surface area contributed by atoms with Gasteiger partial charge in [0.1, 0.15) is 5.82 Å². The Hall–Kier alpha value is -2.42. The van der Waals surface area contributed by atoms with Gasteiger partial charge in [-0.15, -0.1) is 0 Å². The highest BCUT2D eigenvalue weighted by Crippen LogP contribution is 2.29. The maximum Gasteiger partial charge on any atom is 0.254 e. The van der Waals surface area contributed by atoms with Gasteiger partial charge in [-0.3, -0.25) is 9.59 Å². The van der Waals surface area contributed by atoms with E-state index in [9.17, 15) is 9.59 Å². The lowest BCUT2D eigenvalue weighted by Crippen LogP contribution is -2.38. The van der Waals surface area contributed by atoms with Crippen LogP contribution in [-0.2, 0) is 9.53 Å². The number of anilines is 2. The zero-order valence-electron chi connectivity index (χ0n) is 17.4. The zero-order chi connectivity index (χ0) is 20.9. The maximum absolute atomic E-state index is 12.6. The molecule has 164 valence electrons. The Balaban J connectivity index is 1.37. The molecule has 3 fully saturated rings. The third kappa shape index (κ3) is 5.00. The van der Waals surface area contributed by atoms with Crippen LogP contribution in [0.1, 0.15) is 61.7 Å². The van der Waals surface area contributed by atoms with Gasteiger partial charge in [0, 0.05) is 50.5 Å². The van der Waals surface area contributed by atoms with Gasteiger partial charge < -0.3 is 26.0 Å². The second kappa shape index (κ2) is 9.59. The number of aromatic nitrogens is 2. The predicted molar refractivity (Wildman–Crippen MR) is 113 cm³/mol. The van der Waals surface area contributed by atoms with Gasteiger partial charge in [0.25, 0.3) is 5.91 Å². The SMILES string of the molecule is NC(=O)c1cnc(NC2CCOCC2)nc1NC1CCC(C(=O)N2CCCC2)CC1. The van der Waals surface area contributed by atoms with Crippen LogP contribution in [0.3, 0.4) is 0 Å². The van der Waals surface area contributed by atoms with Gasteiger partial charge in [0.15, 0.2) is 0 Å². The molecule has 4 rings (SSSR count). The molecule has 1 aromatic heterocycles. The molecule has 0 aromatic carbocycles. The Bertz CT molecular complexity index is 753. The van der Waals surface area contributed by atoms with Crippen LogP contribution in [0.15, 0.2) is 6.20 Å². The van der Waals surface area contributed by atoms with Crippen molar-refractivity contribution in [3.63, 3.8) is 0 Å². The highest BCUT2D eigenvalue weighted by molar-refractivity contribution is 5.97. The van der Waals surface area contributed by atoms with Crippen LogP contribution < -0.4 is 16.4 Å². The van der Waals surface area contributed by atoms with Gasteiger partial charge in [-0.2, -0.15) is 4.98 Å². The lowest BCUT2D eigenvalue weighted by molar-refractivity contribution is -0.135. The molecular weight excluding hydrogens is 384 g/mol. The summed E-state index contributed by atoms with van der Waals surface area (Å²) in [5.74, 6) is 0.850. The Morgan fingerprint density at radius 1 is 1.00 bits per heavy atom. The van der Waals surface area contributed by atoms with E-state index in [0.29, 0.717) is 23.2 Å². The van der Waals surface area contributed by atoms with E-state index in [1.165, 1.54) is 6.20 Å². The Morgan fingerprint density at radius 2 is 1.67 bits per heavy atom. The molecule has 0 spiro atoms. The first-order valence-electron chi connectivity index (χ1n) is 11.2. The second-order valence-electron chi connectivity index (χ2n) is 8.58. The summed E-state index contributed by atoms with van der Waals surface area (Å²) in [5, 5.41) is 6.73. The van der Waals surface area contributed by atoms with Crippen molar-refractivity contribution < 1.29 is 14.3 Å². The van der Waals surface area contributed by atoms with Gasteiger partial charge in [0.2, 0.25) is 11.9 Å². The quantitative estimate of drug-likeness (QED) is 0.646. The van der Waals surface area contributed by atoms with E-state index in [-0.39, 0.29) is 18.0 Å². The smallest absolute Gasteiger partial charge is 0.254 e. The van der Waals surface area contributed by atoms with Gasteiger partial charge in [-0.25, -0.2) is 4.98 Å². The fraction of sp³-hybridized carbons (Fsp3) is 0.714. The molecule has 9 heteroatoms. The summed E-state index contributed by atoms with van der Waals surface area (Å²) in [4.78, 5) is 35.4. The minimum Gasteiger partial charge on any atom is -0.381 e. The van der Waals surface area contributed by atoms with Crippen LogP contribution in [0.5, 0.6) is 0 Å². The van der Waals surface area contributed by atoms with Gasteiger partial charge in [-0.1, -0.05) is 0 Å². The first-order valence-corrected chi connectivity index (χ1v) is 11.2. The molecule has 9 nitrogen and oxygen atoms in total. The summed E-state index contributed by atoms with van der Waals surface area (Å²) in [7, 11) is 0. The zero-order valence-corrected chi connectivity index (χ0v) is 17.4. The number of hydrogen-bond donors (Lipinski definition) is 3. The lowest BCUT2D eigenvalue weighted by Gasteiger charge is -2.31. The van der Waals surface area contributed by atoms with Crippen LogP contribution in [0.4, 0.5) is 11.8 Å². The number of carbonyl (C=O) groups is 2. The molecule has 0 radical (unpaired) electrons. The van der Waals surface area contributed by atoms with Crippen LogP contribution in [0.25, 0.3) is 0 Å². The molecule has 3 aliphatic rings. The summed E-state index contributed by atoms with van der Waals surface area (Å²) >= 11 is 0. The summed E-state index contributed by atoms with van der Waals surface area (Å²) in [5.41, 5.74) is 5.83. The average Bonchev–Trinajstić information content (AvgIpc) is 3.29. The van der Waals surface area contributed by atoms with Crippen molar-refractivity contribution in [2.45, 2.75) is 63.5 Å². The molecular formula is C21H32N6O3. The maximum atomic E-state index is 12.6. The second-order valence-corrected chi connectivity index (χ2v) is 8.58. The molecule has 2 aliphatic heterocycles. The fourth-order valence-corrected chi connectivity index (χ4v) is 4.64. The summed E-state index contributed by atoms with van der Waals surface area (Å²) < 4.78 is 5.39. The topological polar surface area (TPSA) is 122 Å². The molecule has 3 heterocycles. The summed E-state index contributed by atoms with van der Waals surface area (Å²) in [6.07, 6.45) is 8.99. The Kier molecular flexibility index (Phi) is 6.66. The van der Waals surface area contributed by atoms with Gasteiger partial charge >= 0.3 is 0 Å². The minimum absolute atomic E-state index is 0.118. The number of carbonyl (C=O) groups excluding carboxylic acids is 2. The standard InChI is InChI=1S/C21H32N6O3/c22-18(28)17-13-23-21(25-16-7-11-30-12-8-16)26-19(17)24-15-5-3-14(4-6-15)20(29)27-9-1-2-10-27/h13-16H,1-12H2,(H2,22,28)(H2,23,24,25,26). The number of nitrogens with one attached hydrogen (secondary N) is 2. The van der Waals surface area contributed by atoms with Crippen LogP contribution in [-0.4, -0.2) is 65.1 Å². The molecule has 30 heavy (non-hydrogen) atoms. The first kappa shape index (κ1) is 20.8. The van der Waals surface area contributed by atoms with Crippen molar-refractivity contribution in [2.24, 2.45) is 11.7 Å². The largest absolute Gasteiger partial charge is 0.381 e. The Morgan fingerprint density at radius 3 is 2.33 bits per heavy atom. The van der Waals surface area contributed by atoms with Crippen molar-refractivity contribution >= 4 is 23.6 Å². The number of rotatable bonds is 6. The van der Waals surface area contributed by atoms with Crippen LogP contribution in [0, 0.1) is 5.92 Å². The van der Waals surface area contributed by atoms with Crippen molar-refractivity contribution in [1.29, 1.82) is 0 Å². The number of nitrogens with zero attached hydrogens (tertiary/aromatic N) is 3. The molecule has 0 atom stereocenters. The highest BCUT2D eigenvalue weighted by Gasteiger charge is 2.31. The highest BCUT2D eigenvalue weighted by atomic mass is 16.5. The molecule has 0 unspecified atom stereocenters. The number of hydrogen-bond acceptors (Lipinski definition) is 7. The minimum atomic E-state index is -0.548. The van der Waals surface area contributed by atoms with E-state index in [1.54, 1.807) is 0 Å². The van der Waals surface area contributed by atoms with Crippen molar-refractivity contribution in [3.8, 4) is 0 Å². The predicted octanol–water partition coefficient (Wildman–Crippen LogP) is 1.76. The van der Waals surface area contributed by atoms with E-state index >= 15 is 0 Å². The van der Waals surface area contributed by atoms with Crippen molar-refractivity contribution in [3.05, 3.63) is 11.8 Å². The molecule has 1 aliphatic carbocycles. The Labute approximate surface area is 177 Å². The third-order valence-corrected chi connectivity index (χ3v) is 6.44. The van der Waals surface area contributed by atoms with Crippen molar-refractivity contribution in [2.75, 3.05) is 36.9 Å². The van der Waals surface area contributed by atoms with Crippen LogP contribution >= 0.6 is 0 Å². The first-order chi connectivity index (χ1) is 14.6. The van der Waals surface area contributed by atoms with E-state index in [1.807, 2.05) is 4.90 Å². The summed E-state index contributed by atoms with van der Waals surface area (Å²) in [6, 6.07) is 0.426. The lowest BCUT2D eigenvalue weighted by atomic mass is 9.85. The molecule has 4 N–H and O–H groups in total. The molecule has 0 bridgehead atoms. The monoisotopic (exact) mass is 416 g/mol. The third-order valence-electron chi connectivity index (χ3n) is 6.44. The van der Waals surface area contributed by atoms with Gasteiger partial charge in [0.05, 0.1) is 5.56 Å². The molecule has 1 aromatic rings. The van der Waals surface area contributed by atoms with E-state index in [2.05, 4.69) is 20.6 Å². The summed E-state index contributed by atoms with van der Waals surface area (Å²) in [6.45, 7) is 3.26. The molecule has 2 amide bonds. The normalized spacial score (nSPS) is 25.1. The number of likely N-dealkylation sites (tertiary alicyclic amines) is 1. The number of amides is 2. The van der Waals surface area contributed by atoms with E-state index in [4.69, 9.17) is 10.5 Å². The number of nitrogens with two attached hydrogens (primary N) is 1. The van der Waals surface area contributed by atoms with Gasteiger partial charge in [-0.05, 0) is 51.4 Å². The average molecular weight is 417 g/mol. The molecule has 1 saturated carbocycles. The van der Waals surface area contributed by atoms with E-state index in [0.717, 1.165) is 77.7 Å². The number of primary amides is 1. The number of ether oxygens (including phenoxy) is 1. The van der Waals surface area contributed by atoms with E-state index < -0.39 is 5.91 Å². The fourth-order valence-electron chi connectivity index (χ4n) is 4.64.